The molecule has 0 atom stereocenters. The van der Waals surface area contributed by atoms with Crippen molar-refractivity contribution in [3.05, 3.63) is 23.8 Å². The first-order chi connectivity index (χ1) is 9.92. The molecule has 5 nitrogen and oxygen atoms in total. The maximum atomic E-state index is 12.4. The first-order valence-electron chi connectivity index (χ1n) is 7.19. The summed E-state index contributed by atoms with van der Waals surface area (Å²) >= 11 is 0. The molecule has 0 aliphatic rings. The highest BCUT2D eigenvalue weighted by molar-refractivity contribution is 7.91. The Hall–Kier alpha value is -1.34. The summed E-state index contributed by atoms with van der Waals surface area (Å²) in [5, 5.41) is 9.26. The van der Waals surface area contributed by atoms with E-state index in [2.05, 4.69) is 19.6 Å². The van der Waals surface area contributed by atoms with Gasteiger partial charge in [0.15, 0.2) is 9.84 Å². The first kappa shape index (κ1) is 18.7. The molecule has 1 rings (SSSR count). The van der Waals surface area contributed by atoms with Gasteiger partial charge in [-0.2, -0.15) is 0 Å². The number of rotatable bonds is 7. The Morgan fingerprint density at radius 3 is 2.32 bits per heavy atom. The van der Waals surface area contributed by atoms with Gasteiger partial charge in [0.1, 0.15) is 11.3 Å². The van der Waals surface area contributed by atoms with Gasteiger partial charge in [0, 0.05) is 8.07 Å². The van der Waals surface area contributed by atoms with Crippen LogP contribution in [0.3, 0.4) is 0 Å². The molecule has 0 aliphatic heterocycles. The molecule has 0 aliphatic carbocycles. The third-order valence-electron chi connectivity index (χ3n) is 3.02. The van der Waals surface area contributed by atoms with E-state index in [0.29, 0.717) is 6.04 Å². The second-order valence-electron chi connectivity index (χ2n) is 6.76. The van der Waals surface area contributed by atoms with Gasteiger partial charge in [-0.3, -0.25) is 0 Å². The smallest absolute Gasteiger partial charge is 0.339 e. The normalized spacial score (nSPS) is 12.5. The summed E-state index contributed by atoms with van der Waals surface area (Å²) in [7, 11) is -4.97. The molecule has 0 bridgehead atoms. The molecule has 124 valence electrons. The predicted octanol–water partition coefficient (Wildman–Crippen LogP) is 3.28. The number of hydrogen-bond acceptors (Lipinski definition) is 4. The highest BCUT2D eigenvalue weighted by Crippen LogP contribution is 2.25. The number of aromatic carboxylic acids is 1. The van der Waals surface area contributed by atoms with Crippen molar-refractivity contribution in [3.63, 3.8) is 0 Å². The van der Waals surface area contributed by atoms with Crippen LogP contribution >= 0.6 is 0 Å². The number of benzene rings is 1. The summed E-state index contributed by atoms with van der Waals surface area (Å²) in [5.41, 5.74) is -0.122. The fourth-order valence-corrected chi connectivity index (χ4v) is 6.12. The minimum Gasteiger partial charge on any atom is -0.490 e. The molecule has 1 aromatic rings. The van der Waals surface area contributed by atoms with Crippen LogP contribution in [0.15, 0.2) is 23.1 Å². The van der Waals surface area contributed by atoms with Crippen molar-refractivity contribution < 1.29 is 23.1 Å². The summed E-state index contributed by atoms with van der Waals surface area (Å²) in [6, 6.07) is 4.68. The molecule has 7 heteroatoms. The summed E-state index contributed by atoms with van der Waals surface area (Å²) in [6.45, 7) is 9.87. The molecule has 0 radical (unpaired) electrons. The van der Waals surface area contributed by atoms with Crippen molar-refractivity contribution in [2.75, 3.05) is 5.75 Å². The van der Waals surface area contributed by atoms with Crippen molar-refractivity contribution in [3.8, 4) is 5.75 Å². The number of carbonyl (C=O) groups is 1. The molecular weight excluding hydrogens is 320 g/mol. The molecule has 0 fully saturated rings. The monoisotopic (exact) mass is 344 g/mol. The SMILES string of the molecule is CC(C)Oc1ccc(S(=O)(=O)CC[Si](C)(C)C)cc1C(=O)O. The van der Waals surface area contributed by atoms with Gasteiger partial charge in [0.2, 0.25) is 0 Å². The van der Waals surface area contributed by atoms with Gasteiger partial charge in [-0.05, 0) is 38.1 Å². The first-order valence-corrected chi connectivity index (χ1v) is 12.5. The summed E-state index contributed by atoms with van der Waals surface area (Å²) in [5.74, 6) is -0.962. The van der Waals surface area contributed by atoms with E-state index in [1.54, 1.807) is 13.8 Å². The van der Waals surface area contributed by atoms with Gasteiger partial charge < -0.3 is 9.84 Å². The van der Waals surface area contributed by atoms with Crippen molar-refractivity contribution >= 4 is 23.9 Å². The van der Waals surface area contributed by atoms with Gasteiger partial charge in [-0.15, -0.1) is 0 Å². The van der Waals surface area contributed by atoms with Gasteiger partial charge in [-0.25, -0.2) is 13.2 Å². The van der Waals surface area contributed by atoms with E-state index in [-0.39, 0.29) is 28.1 Å². The van der Waals surface area contributed by atoms with Crippen LogP contribution in [0.25, 0.3) is 0 Å². The van der Waals surface area contributed by atoms with Crippen molar-refractivity contribution in [2.45, 2.75) is 50.5 Å². The molecule has 0 saturated carbocycles. The molecule has 0 unspecified atom stereocenters. The van der Waals surface area contributed by atoms with E-state index in [0.717, 1.165) is 0 Å². The zero-order chi connectivity index (χ0) is 17.1. The number of carboxylic acid groups (broad SMARTS) is 1. The fourth-order valence-electron chi connectivity index (χ4n) is 1.78. The molecule has 1 N–H and O–H groups in total. The Labute approximate surface area is 133 Å². The van der Waals surface area contributed by atoms with Gasteiger partial charge in [0.05, 0.1) is 16.8 Å². The highest BCUT2D eigenvalue weighted by atomic mass is 32.2. The van der Waals surface area contributed by atoms with Crippen LogP contribution in [0.4, 0.5) is 0 Å². The molecule has 1 aromatic carbocycles. The van der Waals surface area contributed by atoms with E-state index in [9.17, 15) is 18.3 Å². The van der Waals surface area contributed by atoms with Crippen LogP contribution in [0, 0.1) is 0 Å². The maximum Gasteiger partial charge on any atom is 0.339 e. The number of hydrogen-bond donors (Lipinski definition) is 1. The molecular formula is C15H24O5SSi. The average molecular weight is 345 g/mol. The minimum absolute atomic E-state index is 0.0410. The third kappa shape index (κ3) is 5.45. The minimum atomic E-state index is -3.48. The standard InChI is InChI=1S/C15H24O5SSi/c1-11(2)20-14-7-6-12(10-13(14)15(16)17)21(18,19)8-9-22(3,4)5/h6-7,10-11H,8-9H2,1-5H3,(H,16,17). The summed E-state index contributed by atoms with van der Waals surface area (Å²) < 4.78 is 30.2. The number of ether oxygens (including phenoxy) is 1. The van der Waals surface area contributed by atoms with E-state index >= 15 is 0 Å². The Morgan fingerprint density at radius 2 is 1.86 bits per heavy atom. The van der Waals surface area contributed by atoms with Crippen LogP contribution < -0.4 is 4.74 Å². The van der Waals surface area contributed by atoms with Crippen LogP contribution in [0.5, 0.6) is 5.75 Å². The topological polar surface area (TPSA) is 80.7 Å². The number of sulfone groups is 1. The average Bonchev–Trinajstić information content (AvgIpc) is 2.35. The fraction of sp³-hybridized carbons (Fsp3) is 0.533. The van der Waals surface area contributed by atoms with E-state index in [1.807, 2.05) is 0 Å². The van der Waals surface area contributed by atoms with Crippen molar-refractivity contribution in [2.24, 2.45) is 0 Å². The lowest BCUT2D eigenvalue weighted by Gasteiger charge is -2.16. The Bertz CT molecular complexity index is 644. The summed E-state index contributed by atoms with van der Waals surface area (Å²) in [6.07, 6.45) is -0.188. The molecule has 0 heterocycles. The summed E-state index contributed by atoms with van der Waals surface area (Å²) in [4.78, 5) is 11.4. The van der Waals surface area contributed by atoms with Crippen LogP contribution in [0.1, 0.15) is 24.2 Å². The lowest BCUT2D eigenvalue weighted by atomic mass is 10.2. The van der Waals surface area contributed by atoms with Crippen LogP contribution in [-0.4, -0.2) is 39.4 Å². The lowest BCUT2D eigenvalue weighted by molar-refractivity contribution is 0.0690. The second-order valence-corrected chi connectivity index (χ2v) is 14.5. The molecule has 22 heavy (non-hydrogen) atoms. The Kier molecular flexibility index (Phi) is 5.80. The van der Waals surface area contributed by atoms with Crippen molar-refractivity contribution in [1.82, 2.24) is 0 Å². The van der Waals surface area contributed by atoms with Gasteiger partial charge >= 0.3 is 5.97 Å². The molecule has 0 saturated heterocycles. The quantitative estimate of drug-likeness (QED) is 0.768. The zero-order valence-corrected chi connectivity index (χ0v) is 15.5. The molecule has 0 amide bonds. The lowest BCUT2D eigenvalue weighted by Crippen LogP contribution is -2.24. The Morgan fingerprint density at radius 1 is 1.27 bits per heavy atom. The second kappa shape index (κ2) is 6.83. The molecule has 0 aromatic heterocycles. The van der Waals surface area contributed by atoms with Gasteiger partial charge in [0.25, 0.3) is 0 Å². The van der Waals surface area contributed by atoms with E-state index in [1.165, 1.54) is 18.2 Å². The van der Waals surface area contributed by atoms with Gasteiger partial charge in [-0.1, -0.05) is 19.6 Å². The van der Waals surface area contributed by atoms with E-state index in [4.69, 9.17) is 4.74 Å². The predicted molar refractivity (Wildman–Crippen MR) is 89.4 cm³/mol. The largest absolute Gasteiger partial charge is 0.490 e. The number of carboxylic acids is 1. The zero-order valence-electron chi connectivity index (χ0n) is 13.7. The van der Waals surface area contributed by atoms with Crippen molar-refractivity contribution in [1.29, 1.82) is 0 Å². The highest BCUT2D eigenvalue weighted by Gasteiger charge is 2.23. The van der Waals surface area contributed by atoms with E-state index < -0.39 is 23.9 Å². The third-order valence-corrected chi connectivity index (χ3v) is 6.85. The van der Waals surface area contributed by atoms with Crippen LogP contribution in [-0.2, 0) is 9.84 Å². The molecule has 0 spiro atoms. The Balaban J connectivity index is 3.16. The maximum absolute atomic E-state index is 12.4. The van der Waals surface area contributed by atoms with Crippen LogP contribution in [0.2, 0.25) is 25.7 Å².